The van der Waals surface area contributed by atoms with Gasteiger partial charge in [-0.25, -0.2) is 0 Å². The van der Waals surface area contributed by atoms with Crippen LogP contribution in [0.15, 0.2) is 30.3 Å². The molecule has 0 spiro atoms. The summed E-state index contributed by atoms with van der Waals surface area (Å²) in [4.78, 5) is 23.1. The van der Waals surface area contributed by atoms with E-state index < -0.39 is 5.97 Å². The third kappa shape index (κ3) is 4.06. The number of carboxylic acids is 1. The summed E-state index contributed by atoms with van der Waals surface area (Å²) in [6.07, 6.45) is 2.74. The molecule has 4 nitrogen and oxygen atoms in total. The molecule has 0 aliphatic heterocycles. The second-order valence-electron chi connectivity index (χ2n) is 5.81. The summed E-state index contributed by atoms with van der Waals surface area (Å²) in [5.41, 5.74) is 1.23. The normalized spacial score (nSPS) is 22.7. The van der Waals surface area contributed by atoms with Crippen molar-refractivity contribution in [3.8, 4) is 0 Å². The second-order valence-corrected chi connectivity index (χ2v) is 5.81. The first-order valence-electron chi connectivity index (χ1n) is 7.67. The van der Waals surface area contributed by atoms with Gasteiger partial charge in [-0.1, -0.05) is 37.3 Å². The van der Waals surface area contributed by atoms with Crippen LogP contribution in [0, 0.1) is 11.8 Å². The molecule has 21 heavy (non-hydrogen) atoms. The number of carbonyl (C=O) groups excluding carboxylic acids is 1. The van der Waals surface area contributed by atoms with Gasteiger partial charge in [-0.3, -0.25) is 9.59 Å². The molecule has 1 aromatic carbocycles. The molecule has 1 aliphatic carbocycles. The summed E-state index contributed by atoms with van der Waals surface area (Å²) < 4.78 is 0. The molecular formula is C17H23NO3. The Hall–Kier alpha value is -1.84. The lowest BCUT2D eigenvalue weighted by molar-refractivity contribution is -0.141. The monoisotopic (exact) mass is 289 g/mol. The van der Waals surface area contributed by atoms with E-state index in [4.69, 9.17) is 5.11 Å². The highest BCUT2D eigenvalue weighted by molar-refractivity contribution is 5.80. The van der Waals surface area contributed by atoms with Crippen molar-refractivity contribution in [2.24, 2.45) is 11.8 Å². The molecule has 0 heterocycles. The molecular weight excluding hydrogens is 266 g/mol. The maximum Gasteiger partial charge on any atom is 0.306 e. The lowest BCUT2D eigenvalue weighted by Crippen LogP contribution is -2.33. The topological polar surface area (TPSA) is 66.4 Å². The molecule has 3 atom stereocenters. The zero-order chi connectivity index (χ0) is 15.2. The van der Waals surface area contributed by atoms with Crippen molar-refractivity contribution in [3.63, 3.8) is 0 Å². The van der Waals surface area contributed by atoms with Crippen molar-refractivity contribution in [3.05, 3.63) is 35.9 Å². The first kappa shape index (κ1) is 15.5. The number of rotatable bonds is 6. The second kappa shape index (κ2) is 7.25. The van der Waals surface area contributed by atoms with E-state index in [1.165, 1.54) is 5.56 Å². The van der Waals surface area contributed by atoms with Crippen molar-refractivity contribution in [1.82, 2.24) is 5.32 Å². The molecule has 1 aromatic rings. The van der Waals surface area contributed by atoms with Gasteiger partial charge in [0.05, 0.1) is 5.92 Å². The molecule has 1 unspecified atom stereocenters. The van der Waals surface area contributed by atoms with Gasteiger partial charge in [0.2, 0.25) is 5.91 Å². The van der Waals surface area contributed by atoms with Crippen molar-refractivity contribution < 1.29 is 14.7 Å². The minimum Gasteiger partial charge on any atom is -0.481 e. The summed E-state index contributed by atoms with van der Waals surface area (Å²) >= 11 is 0. The maximum absolute atomic E-state index is 12.2. The van der Waals surface area contributed by atoms with Gasteiger partial charge in [0.15, 0.2) is 0 Å². The number of hydrogen-bond acceptors (Lipinski definition) is 2. The molecule has 2 N–H and O–H groups in total. The minimum atomic E-state index is -0.777. The highest BCUT2D eigenvalue weighted by atomic mass is 16.4. The summed E-state index contributed by atoms with van der Waals surface area (Å²) in [5, 5.41) is 12.0. The van der Waals surface area contributed by atoms with Gasteiger partial charge in [0.25, 0.3) is 0 Å². The Labute approximate surface area is 125 Å². The standard InChI is InChI=1S/C17H23NO3/c1-2-12(13-6-4-3-5-7-13)11-18-16(19)14-8-9-15(10-14)17(20)21/h3-7,12,14-15H,2,8-11H2,1H3,(H,18,19)(H,20,21)/t12?,14-,15+/m1/s1. The van der Waals surface area contributed by atoms with Crippen molar-refractivity contribution >= 4 is 11.9 Å². The third-order valence-corrected chi connectivity index (χ3v) is 4.44. The van der Waals surface area contributed by atoms with Crippen LogP contribution in [0.1, 0.15) is 44.1 Å². The van der Waals surface area contributed by atoms with E-state index >= 15 is 0 Å². The predicted octanol–water partition coefficient (Wildman–Crippen LogP) is 2.80. The molecule has 2 rings (SSSR count). The Morgan fingerprint density at radius 1 is 1.24 bits per heavy atom. The summed E-state index contributed by atoms with van der Waals surface area (Å²) in [6.45, 7) is 2.73. The maximum atomic E-state index is 12.2. The lowest BCUT2D eigenvalue weighted by atomic mass is 9.96. The van der Waals surface area contributed by atoms with Crippen LogP contribution in [-0.4, -0.2) is 23.5 Å². The SMILES string of the molecule is CCC(CNC(=O)[C@@H]1CC[C@H](C(=O)O)C1)c1ccccc1. The number of carboxylic acid groups (broad SMARTS) is 1. The Morgan fingerprint density at radius 3 is 2.48 bits per heavy atom. The van der Waals surface area contributed by atoms with Crippen molar-refractivity contribution in [2.45, 2.75) is 38.5 Å². The van der Waals surface area contributed by atoms with Crippen LogP contribution in [0.5, 0.6) is 0 Å². The van der Waals surface area contributed by atoms with Gasteiger partial charge in [-0.2, -0.15) is 0 Å². The molecule has 1 aliphatic rings. The average Bonchev–Trinajstić information content (AvgIpc) is 2.99. The van der Waals surface area contributed by atoms with E-state index in [9.17, 15) is 9.59 Å². The predicted molar refractivity (Wildman–Crippen MR) is 81.0 cm³/mol. The van der Waals surface area contributed by atoms with E-state index in [2.05, 4.69) is 24.4 Å². The van der Waals surface area contributed by atoms with E-state index in [0.29, 0.717) is 31.7 Å². The molecule has 0 aromatic heterocycles. The zero-order valence-corrected chi connectivity index (χ0v) is 12.4. The highest BCUT2D eigenvalue weighted by Gasteiger charge is 2.33. The van der Waals surface area contributed by atoms with Crippen LogP contribution >= 0.6 is 0 Å². The molecule has 114 valence electrons. The lowest BCUT2D eigenvalue weighted by Gasteiger charge is -2.18. The molecule has 0 bridgehead atoms. The molecule has 0 saturated heterocycles. The van der Waals surface area contributed by atoms with Crippen LogP contribution in [0.25, 0.3) is 0 Å². The molecule has 1 fully saturated rings. The number of amides is 1. The fraction of sp³-hybridized carbons (Fsp3) is 0.529. The van der Waals surface area contributed by atoms with Gasteiger partial charge in [-0.15, -0.1) is 0 Å². The van der Waals surface area contributed by atoms with Gasteiger partial charge in [0, 0.05) is 18.4 Å². The fourth-order valence-corrected chi connectivity index (χ4v) is 3.04. The Kier molecular flexibility index (Phi) is 5.37. The number of nitrogens with one attached hydrogen (secondary N) is 1. The first-order chi connectivity index (χ1) is 10.1. The quantitative estimate of drug-likeness (QED) is 0.846. The first-order valence-corrected chi connectivity index (χ1v) is 7.67. The van der Waals surface area contributed by atoms with Crippen LogP contribution < -0.4 is 5.32 Å². The Balaban J connectivity index is 1.85. The number of benzene rings is 1. The Bertz CT molecular complexity index is 486. The average molecular weight is 289 g/mol. The van der Waals surface area contributed by atoms with Crippen LogP contribution in [0.2, 0.25) is 0 Å². The van der Waals surface area contributed by atoms with Crippen molar-refractivity contribution in [1.29, 1.82) is 0 Å². The van der Waals surface area contributed by atoms with Crippen molar-refractivity contribution in [2.75, 3.05) is 6.54 Å². The molecule has 0 radical (unpaired) electrons. The zero-order valence-electron chi connectivity index (χ0n) is 12.4. The summed E-state index contributed by atoms with van der Waals surface area (Å²) in [6, 6.07) is 10.2. The highest BCUT2D eigenvalue weighted by Crippen LogP contribution is 2.31. The molecule has 4 heteroatoms. The van der Waals surface area contributed by atoms with Gasteiger partial charge in [-0.05, 0) is 31.2 Å². The van der Waals surface area contributed by atoms with E-state index in [1.807, 2.05) is 18.2 Å². The van der Waals surface area contributed by atoms with Gasteiger partial charge >= 0.3 is 5.97 Å². The number of hydrogen-bond donors (Lipinski definition) is 2. The van der Waals surface area contributed by atoms with Gasteiger partial charge < -0.3 is 10.4 Å². The largest absolute Gasteiger partial charge is 0.481 e. The smallest absolute Gasteiger partial charge is 0.306 e. The van der Waals surface area contributed by atoms with Crippen LogP contribution in [-0.2, 0) is 9.59 Å². The third-order valence-electron chi connectivity index (χ3n) is 4.44. The molecule has 1 amide bonds. The number of aliphatic carboxylic acids is 1. The van der Waals surface area contributed by atoms with E-state index in [-0.39, 0.29) is 17.7 Å². The van der Waals surface area contributed by atoms with Crippen LogP contribution in [0.3, 0.4) is 0 Å². The van der Waals surface area contributed by atoms with E-state index in [1.54, 1.807) is 0 Å². The minimum absolute atomic E-state index is 0.00753. The fourth-order valence-electron chi connectivity index (χ4n) is 3.04. The number of carbonyl (C=O) groups is 2. The molecule has 1 saturated carbocycles. The Morgan fingerprint density at radius 2 is 1.90 bits per heavy atom. The summed E-state index contributed by atoms with van der Waals surface area (Å²) in [7, 11) is 0. The van der Waals surface area contributed by atoms with Crippen LogP contribution in [0.4, 0.5) is 0 Å². The van der Waals surface area contributed by atoms with Gasteiger partial charge in [0.1, 0.15) is 0 Å². The summed E-state index contributed by atoms with van der Waals surface area (Å²) in [5.74, 6) is -0.947. The van der Waals surface area contributed by atoms with E-state index in [0.717, 1.165) is 6.42 Å².